The molecule has 0 saturated carbocycles. The van der Waals surface area contributed by atoms with Crippen molar-refractivity contribution < 1.29 is 9.32 Å². The third-order valence-corrected chi connectivity index (χ3v) is 5.61. The van der Waals surface area contributed by atoms with Gasteiger partial charge in [0.1, 0.15) is 5.69 Å². The van der Waals surface area contributed by atoms with Crippen molar-refractivity contribution in [1.29, 1.82) is 0 Å². The van der Waals surface area contributed by atoms with Crippen molar-refractivity contribution >= 4 is 44.3 Å². The number of rotatable bonds is 2. The largest absolute Gasteiger partial charge is 0.380 e. The Hall–Kier alpha value is -3.13. The normalized spacial score (nSPS) is 13.9. The van der Waals surface area contributed by atoms with Crippen LogP contribution >= 0.6 is 15.9 Å². The van der Waals surface area contributed by atoms with Gasteiger partial charge in [0.25, 0.3) is 5.91 Å². The van der Waals surface area contributed by atoms with E-state index in [0.29, 0.717) is 29.0 Å². The van der Waals surface area contributed by atoms with Crippen LogP contribution in [0.2, 0.25) is 0 Å². The quantitative estimate of drug-likeness (QED) is 0.513. The zero-order valence-electron chi connectivity index (χ0n) is 15.0. The molecule has 3 heterocycles. The standard InChI is InChI=1S/C20H16BrN5O2/c1-11-15-8-9-25(13-4-2-12(21)3-5-13)20(27)18(15)26(23-11)14-6-7-17-16(10-14)19(22)24-28-17/h2-7,10H,8-9H2,1H3,(H2,22,24). The Kier molecular flexibility index (Phi) is 3.77. The van der Waals surface area contributed by atoms with Crippen LogP contribution in [0, 0.1) is 6.92 Å². The Labute approximate surface area is 168 Å². The van der Waals surface area contributed by atoms with Gasteiger partial charge >= 0.3 is 0 Å². The number of aromatic nitrogens is 3. The van der Waals surface area contributed by atoms with Crippen LogP contribution in [-0.2, 0) is 6.42 Å². The molecule has 0 bridgehead atoms. The molecule has 2 N–H and O–H groups in total. The molecule has 0 aliphatic carbocycles. The van der Waals surface area contributed by atoms with Crippen molar-refractivity contribution in [3.63, 3.8) is 0 Å². The van der Waals surface area contributed by atoms with Gasteiger partial charge in [0.15, 0.2) is 11.4 Å². The first-order valence-corrected chi connectivity index (χ1v) is 9.63. The van der Waals surface area contributed by atoms with Gasteiger partial charge in [-0.15, -0.1) is 0 Å². The Balaban J connectivity index is 1.63. The lowest BCUT2D eigenvalue weighted by molar-refractivity contribution is 0.0973. The SMILES string of the molecule is Cc1nn(-c2ccc3onc(N)c3c2)c2c1CCN(c1ccc(Br)cc1)C2=O. The molecule has 7 nitrogen and oxygen atoms in total. The van der Waals surface area contributed by atoms with E-state index in [0.717, 1.165) is 33.5 Å². The van der Waals surface area contributed by atoms with Gasteiger partial charge in [-0.05, 0) is 55.8 Å². The van der Waals surface area contributed by atoms with Crippen molar-refractivity contribution in [3.8, 4) is 5.69 Å². The number of aryl methyl sites for hydroxylation is 1. The lowest BCUT2D eigenvalue weighted by Gasteiger charge is -2.27. The van der Waals surface area contributed by atoms with Crippen molar-refractivity contribution in [2.75, 3.05) is 17.2 Å². The fourth-order valence-corrected chi connectivity index (χ4v) is 3.93. The molecular weight excluding hydrogens is 422 g/mol. The zero-order chi connectivity index (χ0) is 19.4. The number of benzene rings is 2. The summed E-state index contributed by atoms with van der Waals surface area (Å²) in [6.07, 6.45) is 0.751. The summed E-state index contributed by atoms with van der Waals surface area (Å²) in [5.41, 5.74) is 10.5. The highest BCUT2D eigenvalue weighted by Gasteiger charge is 2.32. The van der Waals surface area contributed by atoms with Gasteiger partial charge in [0.05, 0.1) is 16.8 Å². The predicted octanol–water partition coefficient (Wildman–Crippen LogP) is 3.87. The van der Waals surface area contributed by atoms with Gasteiger partial charge in [-0.2, -0.15) is 5.10 Å². The van der Waals surface area contributed by atoms with E-state index in [2.05, 4.69) is 26.2 Å². The van der Waals surface area contributed by atoms with Crippen LogP contribution in [0.25, 0.3) is 16.7 Å². The molecule has 0 unspecified atom stereocenters. The first-order valence-electron chi connectivity index (χ1n) is 8.84. The minimum atomic E-state index is -0.0671. The number of nitrogens with zero attached hydrogens (tertiary/aromatic N) is 4. The highest BCUT2D eigenvalue weighted by atomic mass is 79.9. The number of hydrogen-bond donors (Lipinski definition) is 1. The van der Waals surface area contributed by atoms with Gasteiger partial charge in [0, 0.05) is 22.3 Å². The molecule has 2 aromatic carbocycles. The maximum Gasteiger partial charge on any atom is 0.277 e. The number of nitrogen functional groups attached to an aromatic ring is 1. The van der Waals surface area contributed by atoms with E-state index in [1.807, 2.05) is 43.3 Å². The van der Waals surface area contributed by atoms with Gasteiger partial charge < -0.3 is 15.2 Å². The van der Waals surface area contributed by atoms with Crippen LogP contribution in [0.5, 0.6) is 0 Å². The molecule has 0 fully saturated rings. The summed E-state index contributed by atoms with van der Waals surface area (Å²) in [4.78, 5) is 15.2. The van der Waals surface area contributed by atoms with E-state index in [9.17, 15) is 4.79 Å². The molecule has 8 heteroatoms. The third-order valence-electron chi connectivity index (χ3n) is 5.08. The lowest BCUT2D eigenvalue weighted by atomic mass is 10.0. The number of fused-ring (bicyclic) bond motifs is 2. The Morgan fingerprint density at radius 2 is 1.89 bits per heavy atom. The lowest BCUT2D eigenvalue weighted by Crippen LogP contribution is -2.38. The molecule has 140 valence electrons. The number of anilines is 2. The second kappa shape index (κ2) is 6.20. The average Bonchev–Trinajstić information content (AvgIpc) is 3.24. The summed E-state index contributed by atoms with van der Waals surface area (Å²) in [5, 5.41) is 9.14. The maximum atomic E-state index is 13.4. The number of halogens is 1. The molecule has 4 aromatic rings. The molecule has 1 aliphatic rings. The second-order valence-electron chi connectivity index (χ2n) is 6.76. The third kappa shape index (κ3) is 2.52. The van der Waals surface area contributed by atoms with Crippen LogP contribution in [-0.4, -0.2) is 27.4 Å². The Morgan fingerprint density at radius 1 is 1.14 bits per heavy atom. The summed E-state index contributed by atoms with van der Waals surface area (Å²) in [7, 11) is 0. The van der Waals surface area contributed by atoms with Gasteiger partial charge in [-0.3, -0.25) is 4.79 Å². The number of nitrogens with two attached hydrogens (primary N) is 1. The topological polar surface area (TPSA) is 90.2 Å². The van der Waals surface area contributed by atoms with Crippen LogP contribution in [0.1, 0.15) is 21.7 Å². The first kappa shape index (κ1) is 17.0. The van der Waals surface area contributed by atoms with E-state index < -0.39 is 0 Å². The smallest absolute Gasteiger partial charge is 0.277 e. The molecule has 28 heavy (non-hydrogen) atoms. The van der Waals surface area contributed by atoms with E-state index in [-0.39, 0.29) is 5.91 Å². The van der Waals surface area contributed by atoms with Gasteiger partial charge in [0.2, 0.25) is 0 Å². The van der Waals surface area contributed by atoms with Gasteiger partial charge in [-0.25, -0.2) is 4.68 Å². The molecule has 0 atom stereocenters. The average molecular weight is 438 g/mol. The van der Waals surface area contributed by atoms with E-state index in [4.69, 9.17) is 10.3 Å². The molecular formula is C20H16BrN5O2. The fraction of sp³-hybridized carbons (Fsp3) is 0.150. The molecule has 0 radical (unpaired) electrons. The summed E-state index contributed by atoms with van der Waals surface area (Å²) in [5.74, 6) is 0.250. The van der Waals surface area contributed by atoms with E-state index >= 15 is 0 Å². The molecule has 2 aromatic heterocycles. The monoisotopic (exact) mass is 437 g/mol. The second-order valence-corrected chi connectivity index (χ2v) is 7.67. The van der Waals surface area contributed by atoms with Crippen molar-refractivity contribution in [3.05, 3.63) is 63.9 Å². The highest BCUT2D eigenvalue weighted by molar-refractivity contribution is 9.10. The predicted molar refractivity (Wildman–Crippen MR) is 110 cm³/mol. The molecule has 0 spiro atoms. The minimum Gasteiger partial charge on any atom is -0.380 e. The number of amides is 1. The van der Waals surface area contributed by atoms with Crippen molar-refractivity contribution in [2.24, 2.45) is 0 Å². The summed E-state index contributed by atoms with van der Waals surface area (Å²) in [6, 6.07) is 13.2. The van der Waals surface area contributed by atoms with E-state index in [1.54, 1.807) is 15.6 Å². The van der Waals surface area contributed by atoms with Crippen LogP contribution in [0.15, 0.2) is 51.5 Å². The summed E-state index contributed by atoms with van der Waals surface area (Å²) in [6.45, 7) is 2.56. The van der Waals surface area contributed by atoms with Crippen LogP contribution < -0.4 is 10.6 Å². The molecule has 5 rings (SSSR count). The number of hydrogen-bond acceptors (Lipinski definition) is 5. The summed E-state index contributed by atoms with van der Waals surface area (Å²) >= 11 is 3.44. The highest BCUT2D eigenvalue weighted by Crippen LogP contribution is 2.30. The first-order chi connectivity index (χ1) is 13.5. The molecule has 0 saturated heterocycles. The zero-order valence-corrected chi connectivity index (χ0v) is 16.6. The molecule has 1 amide bonds. The number of carbonyl (C=O) groups is 1. The van der Waals surface area contributed by atoms with Crippen molar-refractivity contribution in [1.82, 2.24) is 14.9 Å². The Bertz CT molecular complexity index is 1230. The summed E-state index contributed by atoms with van der Waals surface area (Å²) < 4.78 is 7.85. The van der Waals surface area contributed by atoms with Crippen LogP contribution in [0.4, 0.5) is 11.5 Å². The Morgan fingerprint density at radius 3 is 2.68 bits per heavy atom. The van der Waals surface area contributed by atoms with E-state index in [1.165, 1.54) is 0 Å². The maximum absolute atomic E-state index is 13.4. The van der Waals surface area contributed by atoms with Crippen molar-refractivity contribution in [2.45, 2.75) is 13.3 Å². The minimum absolute atomic E-state index is 0.0671. The number of carbonyl (C=O) groups excluding carboxylic acids is 1. The fourth-order valence-electron chi connectivity index (χ4n) is 3.66. The van der Waals surface area contributed by atoms with Crippen LogP contribution in [0.3, 0.4) is 0 Å². The molecule has 1 aliphatic heterocycles. The van der Waals surface area contributed by atoms with Gasteiger partial charge in [-0.1, -0.05) is 21.1 Å².